The van der Waals surface area contributed by atoms with Gasteiger partial charge in [-0.3, -0.25) is 0 Å². The lowest BCUT2D eigenvalue weighted by Gasteiger charge is -2.30. The lowest BCUT2D eigenvalue weighted by molar-refractivity contribution is -0.436. The number of alkyl halides is 1. The molecule has 7 heterocycles. The van der Waals surface area contributed by atoms with E-state index in [4.69, 9.17) is 20.1 Å². The van der Waals surface area contributed by atoms with E-state index >= 15 is 0 Å². The van der Waals surface area contributed by atoms with Crippen molar-refractivity contribution in [3.8, 4) is 0 Å². The Morgan fingerprint density at radius 3 is 2.62 bits per heavy atom. The van der Waals surface area contributed by atoms with Crippen molar-refractivity contribution in [1.29, 1.82) is 0 Å². The zero-order chi connectivity index (χ0) is 27.5. The second-order valence-electron chi connectivity index (χ2n) is 10.1. The third kappa shape index (κ3) is 2.92. The van der Waals surface area contributed by atoms with Gasteiger partial charge in [0.05, 0.1) is 5.70 Å². The summed E-state index contributed by atoms with van der Waals surface area (Å²) < 4.78 is 8.38. The summed E-state index contributed by atoms with van der Waals surface area (Å²) in [5.74, 6) is 2.37. The van der Waals surface area contributed by atoms with E-state index in [0.717, 1.165) is 80.7 Å². The molecule has 0 radical (unpaired) electrons. The summed E-state index contributed by atoms with van der Waals surface area (Å²) in [5.41, 5.74) is 8.31. The van der Waals surface area contributed by atoms with Crippen LogP contribution in [-0.2, 0) is 10.8 Å². The molecular weight excluding hydrogens is 728 g/mol. The molecule has 40 heavy (non-hydrogen) atoms. The number of halogens is 2. The van der Waals surface area contributed by atoms with E-state index in [2.05, 4.69) is 109 Å². The summed E-state index contributed by atoms with van der Waals surface area (Å²) in [6.07, 6.45) is 6.77. The minimum absolute atomic E-state index is 0.0657. The Kier molecular flexibility index (Phi) is 5.06. The van der Waals surface area contributed by atoms with E-state index in [1.165, 1.54) is 0 Å². The van der Waals surface area contributed by atoms with Crippen LogP contribution in [0.4, 0.5) is 11.6 Å². The Morgan fingerprint density at radius 2 is 1.85 bits per heavy atom. The van der Waals surface area contributed by atoms with E-state index in [0.29, 0.717) is 11.5 Å². The number of benzene rings is 1. The number of allylic oxidation sites excluding steroid dienone is 1. The van der Waals surface area contributed by atoms with Crippen LogP contribution in [-0.4, -0.2) is 19.9 Å². The molecule has 1 unspecified atom stereocenters. The summed E-state index contributed by atoms with van der Waals surface area (Å²) in [6.45, 7) is 12.8. The molecule has 4 aliphatic heterocycles. The van der Waals surface area contributed by atoms with Crippen LogP contribution < -0.4 is 42.3 Å². The number of amidine groups is 1. The second kappa shape index (κ2) is 8.30. The smallest absolute Gasteiger partial charge is 0.236 e. The number of hydrogen-bond donors (Lipinski definition) is 1. The van der Waals surface area contributed by atoms with Crippen LogP contribution in [0.15, 0.2) is 74.8 Å². The van der Waals surface area contributed by atoms with Gasteiger partial charge in [-0.25, -0.2) is 15.0 Å². The highest BCUT2D eigenvalue weighted by Gasteiger charge is 2.58. The van der Waals surface area contributed by atoms with Crippen molar-refractivity contribution in [3.05, 3.63) is 113 Å². The molecule has 0 fully saturated rings. The highest BCUT2D eigenvalue weighted by Crippen LogP contribution is 2.34. The van der Waals surface area contributed by atoms with Gasteiger partial charge in [-0.05, 0) is 64.6 Å². The van der Waals surface area contributed by atoms with Gasteiger partial charge >= 0.3 is 5.49 Å². The van der Waals surface area contributed by atoms with E-state index < -0.39 is 0 Å². The monoisotopic (exact) mass is 751 g/mol. The van der Waals surface area contributed by atoms with Crippen molar-refractivity contribution >= 4 is 75.3 Å². The molecule has 2 bridgehead atoms. The minimum atomic E-state index is -0.0657. The van der Waals surface area contributed by atoms with Crippen LogP contribution in [0.3, 0.4) is 0 Å². The lowest BCUT2D eigenvalue weighted by Crippen LogP contribution is -2.87. The van der Waals surface area contributed by atoms with Gasteiger partial charge in [-0.1, -0.05) is 71.6 Å². The predicted molar refractivity (Wildman–Crippen MR) is 169 cm³/mol. The van der Waals surface area contributed by atoms with Crippen LogP contribution in [0.2, 0.25) is 0 Å². The SMILES string of the molecule is C=C1C=CC2=N[N+]34n5c(cc(CI)c5[NH+]=c5c(I)c(CC)c(n53)=N1)N=c1c(C=c3ccccc3=C)c(C)c(n14)=N2. The van der Waals surface area contributed by atoms with E-state index in [1.807, 2.05) is 30.4 Å². The van der Waals surface area contributed by atoms with Crippen molar-refractivity contribution in [3.63, 3.8) is 0 Å². The van der Waals surface area contributed by atoms with Crippen LogP contribution >= 0.6 is 45.2 Å². The van der Waals surface area contributed by atoms with Gasteiger partial charge < -0.3 is 0 Å². The topological polar surface area (TPSA) is 78.2 Å². The Bertz CT molecular complexity index is 2310. The van der Waals surface area contributed by atoms with Gasteiger partial charge in [0.25, 0.3) is 17.1 Å². The van der Waals surface area contributed by atoms with E-state index in [-0.39, 0.29) is 4.92 Å². The average Bonchev–Trinajstić information content (AvgIpc) is 3.54. The largest absolute Gasteiger partial charge is 0.303 e. The van der Waals surface area contributed by atoms with Crippen LogP contribution in [0.1, 0.15) is 29.2 Å². The third-order valence-electron chi connectivity index (χ3n) is 7.82. The molecule has 1 aromatic carbocycles. The first-order valence-electron chi connectivity index (χ1n) is 12.9. The maximum Gasteiger partial charge on any atom is 0.303 e. The van der Waals surface area contributed by atoms with E-state index in [1.54, 1.807) is 0 Å². The average molecular weight is 751 g/mol. The summed E-state index contributed by atoms with van der Waals surface area (Å²) in [5, 5.41) is 7.39. The molecule has 4 aromatic rings. The fourth-order valence-electron chi connectivity index (χ4n) is 5.95. The first-order valence-corrected chi connectivity index (χ1v) is 15.5. The summed E-state index contributed by atoms with van der Waals surface area (Å²) >= 11 is 4.85. The molecule has 11 heteroatoms. The number of hydrogen-bond acceptors (Lipinski definition) is 4. The van der Waals surface area contributed by atoms with Crippen molar-refractivity contribution in [2.75, 3.05) is 0 Å². The molecule has 4 aliphatic rings. The van der Waals surface area contributed by atoms with Gasteiger partial charge in [0.15, 0.2) is 0 Å². The van der Waals surface area contributed by atoms with Gasteiger partial charge in [0, 0.05) is 47.2 Å². The van der Waals surface area contributed by atoms with Crippen molar-refractivity contribution in [2.24, 2.45) is 20.1 Å². The van der Waals surface area contributed by atoms with Gasteiger partial charge in [0.1, 0.15) is 3.57 Å². The molecular formula is C29H23I2N9+2. The number of aromatic nitrogens is 3. The first-order chi connectivity index (χ1) is 19.4. The number of nitrogens with one attached hydrogen (secondary N) is 1. The maximum atomic E-state index is 5.40. The van der Waals surface area contributed by atoms with Gasteiger partial charge in [0.2, 0.25) is 21.7 Å². The summed E-state index contributed by atoms with van der Waals surface area (Å²) in [6, 6.07) is 10.3. The minimum Gasteiger partial charge on any atom is -0.236 e. The molecule has 9 nitrogen and oxygen atoms in total. The fraction of sp³-hybridized carbons (Fsp3) is 0.138. The van der Waals surface area contributed by atoms with Crippen molar-refractivity contribution in [1.82, 2.24) is 18.9 Å². The van der Waals surface area contributed by atoms with Crippen LogP contribution in [0, 0.1) is 10.5 Å². The predicted octanol–water partition coefficient (Wildman–Crippen LogP) is 0.366. The Hall–Kier alpha value is -3.43. The Balaban J connectivity index is 1.67. The maximum absolute atomic E-state index is 5.40. The van der Waals surface area contributed by atoms with Gasteiger partial charge in [-0.2, -0.15) is 4.99 Å². The standard InChI is InChI=1S/C29H22I2N9/c1-5-20-24(31)29-35-26-19(14-30)13-23-34-28-21(12-18-9-7-6-8-15(18)2)17(4)25-33-22-11-10-16(3)32-27(20)39(29)40(36-22,37(23)26)38(25)28/h6-13H,2-3,5,14H2,1,4H3/q+1/p+1. The molecule has 8 rings (SSSR count). The molecule has 1 atom stereocenters. The zero-order valence-electron chi connectivity index (χ0n) is 21.8. The number of quaternary nitrogens is 1. The van der Waals surface area contributed by atoms with Gasteiger partial charge in [-0.15, -0.1) is 0 Å². The second-order valence-corrected chi connectivity index (χ2v) is 11.9. The molecule has 1 N–H and O–H groups in total. The quantitative estimate of drug-likeness (QED) is 0.179. The molecule has 1 spiro atoms. The normalized spacial score (nSPS) is 19.4. The highest BCUT2D eigenvalue weighted by atomic mass is 127. The molecule has 0 saturated heterocycles. The fourth-order valence-corrected chi connectivity index (χ4v) is 7.52. The molecule has 3 aromatic heterocycles. The summed E-state index contributed by atoms with van der Waals surface area (Å²) in [4.78, 5) is 19.1. The lowest BCUT2D eigenvalue weighted by atomic mass is 10.1. The molecule has 0 saturated carbocycles. The Morgan fingerprint density at radius 1 is 1.02 bits per heavy atom. The molecule has 196 valence electrons. The number of nitrogens with zero attached hydrogens (tertiary/aromatic N) is 8. The molecule has 0 aliphatic carbocycles. The highest BCUT2D eigenvalue weighted by molar-refractivity contribution is 14.1. The Labute approximate surface area is 255 Å². The van der Waals surface area contributed by atoms with E-state index in [9.17, 15) is 0 Å². The first kappa shape index (κ1) is 24.4. The zero-order valence-corrected chi connectivity index (χ0v) is 26.1. The summed E-state index contributed by atoms with van der Waals surface area (Å²) in [7, 11) is 0. The molecule has 0 amide bonds. The van der Waals surface area contributed by atoms with Crippen molar-refractivity contribution in [2.45, 2.75) is 24.7 Å². The third-order valence-corrected chi connectivity index (χ3v) is 9.80. The van der Waals surface area contributed by atoms with Crippen LogP contribution in [0.5, 0.6) is 0 Å². The van der Waals surface area contributed by atoms with Crippen LogP contribution in [0.25, 0.3) is 12.7 Å². The number of rotatable bonds is 3. The van der Waals surface area contributed by atoms with Crippen molar-refractivity contribution < 1.29 is 4.99 Å².